The fourth-order valence-corrected chi connectivity index (χ4v) is 2.76. The summed E-state index contributed by atoms with van der Waals surface area (Å²) in [7, 11) is 1.75. The van der Waals surface area contributed by atoms with Crippen molar-refractivity contribution >= 4 is 11.8 Å². The van der Waals surface area contributed by atoms with E-state index in [9.17, 15) is 14.7 Å². The van der Waals surface area contributed by atoms with Gasteiger partial charge in [-0.25, -0.2) is 0 Å². The zero-order chi connectivity index (χ0) is 16.3. The molecule has 1 aliphatic heterocycles. The number of carbonyl (C=O) groups excluding carboxylic acids is 2. The second-order valence-electron chi connectivity index (χ2n) is 5.97. The van der Waals surface area contributed by atoms with Gasteiger partial charge in [-0.05, 0) is 18.9 Å². The number of amides is 2. The van der Waals surface area contributed by atoms with Crippen LogP contribution in [0.2, 0.25) is 0 Å². The van der Waals surface area contributed by atoms with Crippen molar-refractivity contribution in [3.05, 3.63) is 35.9 Å². The topological polar surface area (TPSA) is 86.9 Å². The number of hydrogen-bond acceptors (Lipinski definition) is 4. The maximum absolute atomic E-state index is 12.5. The zero-order valence-corrected chi connectivity index (χ0v) is 13.0. The fraction of sp³-hybridized carbons (Fsp3) is 0.500. The predicted octanol–water partition coefficient (Wildman–Crippen LogP) is -0.0444. The van der Waals surface area contributed by atoms with Gasteiger partial charge in [0.25, 0.3) is 5.91 Å². The number of β-amino-alcohol motifs (C(OH)–C–C–N with tert-alkyl or cyclic N) is 1. The van der Waals surface area contributed by atoms with Crippen LogP contribution in [-0.4, -0.2) is 58.5 Å². The molecule has 1 saturated heterocycles. The summed E-state index contributed by atoms with van der Waals surface area (Å²) in [5.41, 5.74) is 4.76. The van der Waals surface area contributed by atoms with Gasteiger partial charge in [0.15, 0.2) is 5.60 Å². The molecule has 0 aromatic heterocycles. The van der Waals surface area contributed by atoms with Crippen molar-refractivity contribution in [3.63, 3.8) is 0 Å². The third-order valence-corrected chi connectivity index (χ3v) is 4.28. The third kappa shape index (κ3) is 3.45. The molecule has 0 saturated carbocycles. The van der Waals surface area contributed by atoms with Crippen molar-refractivity contribution < 1.29 is 14.7 Å². The van der Waals surface area contributed by atoms with Crippen LogP contribution in [0.5, 0.6) is 0 Å². The van der Waals surface area contributed by atoms with Crippen LogP contribution >= 0.6 is 0 Å². The number of benzene rings is 1. The summed E-state index contributed by atoms with van der Waals surface area (Å²) in [5.74, 6) is -0.773. The van der Waals surface area contributed by atoms with Gasteiger partial charge in [-0.2, -0.15) is 0 Å². The average Bonchev–Trinajstić information content (AvgIpc) is 2.90. The molecule has 0 aliphatic carbocycles. The van der Waals surface area contributed by atoms with Crippen LogP contribution in [0.25, 0.3) is 0 Å². The molecule has 0 spiro atoms. The Morgan fingerprint density at radius 2 is 2.05 bits per heavy atom. The van der Waals surface area contributed by atoms with E-state index in [4.69, 9.17) is 5.73 Å². The first-order chi connectivity index (χ1) is 10.3. The molecule has 0 radical (unpaired) electrons. The number of nitrogens with two attached hydrogens (primary N) is 1. The Morgan fingerprint density at radius 3 is 2.59 bits per heavy atom. The lowest BCUT2D eigenvalue weighted by Crippen LogP contribution is -2.50. The molecule has 120 valence electrons. The lowest BCUT2D eigenvalue weighted by atomic mass is 10.0. The van der Waals surface area contributed by atoms with E-state index < -0.39 is 17.6 Å². The van der Waals surface area contributed by atoms with Crippen LogP contribution in [-0.2, 0) is 16.1 Å². The summed E-state index contributed by atoms with van der Waals surface area (Å²) < 4.78 is 0. The highest BCUT2D eigenvalue weighted by molar-refractivity contribution is 5.85. The zero-order valence-electron chi connectivity index (χ0n) is 13.0. The van der Waals surface area contributed by atoms with Crippen molar-refractivity contribution in [2.45, 2.75) is 31.5 Å². The predicted molar refractivity (Wildman–Crippen MR) is 82.7 cm³/mol. The highest BCUT2D eigenvalue weighted by atomic mass is 16.3. The lowest BCUT2D eigenvalue weighted by molar-refractivity contribution is -0.138. The van der Waals surface area contributed by atoms with E-state index in [0.717, 1.165) is 5.56 Å². The fourth-order valence-electron chi connectivity index (χ4n) is 2.76. The van der Waals surface area contributed by atoms with Gasteiger partial charge in [0, 0.05) is 26.7 Å². The monoisotopic (exact) mass is 305 g/mol. The second kappa shape index (κ2) is 6.46. The van der Waals surface area contributed by atoms with Gasteiger partial charge in [-0.15, -0.1) is 0 Å². The molecule has 0 unspecified atom stereocenters. The highest BCUT2D eigenvalue weighted by Gasteiger charge is 2.44. The van der Waals surface area contributed by atoms with Crippen LogP contribution in [0.15, 0.2) is 30.3 Å². The molecular formula is C16H23N3O3. The minimum Gasteiger partial charge on any atom is -0.379 e. The van der Waals surface area contributed by atoms with E-state index in [0.29, 0.717) is 13.1 Å². The van der Waals surface area contributed by atoms with Gasteiger partial charge < -0.3 is 15.7 Å². The Kier molecular flexibility index (Phi) is 4.83. The van der Waals surface area contributed by atoms with Crippen LogP contribution in [0.1, 0.15) is 18.9 Å². The molecule has 6 heteroatoms. The SMILES string of the molecule is C[C@@H](C(=O)N(C)Cc1ccccc1)N1CC[C@](O)(C(N)=O)C1. The molecule has 1 aromatic carbocycles. The van der Waals surface area contributed by atoms with Gasteiger partial charge in [0.2, 0.25) is 5.91 Å². The molecule has 1 aromatic rings. The number of aliphatic hydroxyl groups is 1. The Bertz CT molecular complexity index is 549. The maximum atomic E-state index is 12.5. The Morgan fingerprint density at radius 1 is 1.41 bits per heavy atom. The molecule has 22 heavy (non-hydrogen) atoms. The summed E-state index contributed by atoms with van der Waals surface area (Å²) in [4.78, 5) is 27.2. The summed E-state index contributed by atoms with van der Waals surface area (Å²) >= 11 is 0. The number of likely N-dealkylation sites (tertiary alicyclic amines) is 1. The minimum absolute atomic E-state index is 0.0439. The Balaban J connectivity index is 1.96. The van der Waals surface area contributed by atoms with Crippen molar-refractivity contribution in [2.24, 2.45) is 5.73 Å². The lowest BCUT2D eigenvalue weighted by Gasteiger charge is -2.28. The van der Waals surface area contributed by atoms with E-state index >= 15 is 0 Å². The largest absolute Gasteiger partial charge is 0.379 e. The molecule has 1 heterocycles. The van der Waals surface area contributed by atoms with Gasteiger partial charge >= 0.3 is 0 Å². The smallest absolute Gasteiger partial charge is 0.250 e. The number of carbonyl (C=O) groups is 2. The first-order valence-corrected chi connectivity index (χ1v) is 7.39. The van der Waals surface area contributed by atoms with Crippen molar-refractivity contribution in [1.29, 1.82) is 0 Å². The van der Waals surface area contributed by atoms with Crippen molar-refractivity contribution in [1.82, 2.24) is 9.80 Å². The van der Waals surface area contributed by atoms with E-state index in [1.807, 2.05) is 30.3 Å². The number of primary amides is 1. The number of rotatable bonds is 5. The molecule has 2 rings (SSSR count). The maximum Gasteiger partial charge on any atom is 0.250 e. The quantitative estimate of drug-likeness (QED) is 0.799. The Hall–Kier alpha value is -1.92. The van der Waals surface area contributed by atoms with Crippen LogP contribution < -0.4 is 5.73 Å². The highest BCUT2D eigenvalue weighted by Crippen LogP contribution is 2.23. The molecule has 2 amide bonds. The normalized spacial score (nSPS) is 23.2. The second-order valence-corrected chi connectivity index (χ2v) is 5.97. The van der Waals surface area contributed by atoms with Crippen LogP contribution in [0.3, 0.4) is 0 Å². The standard InChI is InChI=1S/C16H23N3O3/c1-12(19-9-8-16(22,11-19)15(17)21)14(20)18(2)10-13-6-4-3-5-7-13/h3-7,12,22H,8-11H2,1-2H3,(H2,17,21)/t12-,16+/m0/s1. The number of likely N-dealkylation sites (N-methyl/N-ethyl adjacent to an activating group) is 1. The molecule has 1 aliphatic rings. The Labute approximate surface area is 130 Å². The van der Waals surface area contributed by atoms with Crippen molar-refractivity contribution in [2.75, 3.05) is 20.1 Å². The number of nitrogens with zero attached hydrogens (tertiary/aromatic N) is 2. The van der Waals surface area contributed by atoms with Gasteiger partial charge in [-0.1, -0.05) is 30.3 Å². The first kappa shape index (κ1) is 16.5. The first-order valence-electron chi connectivity index (χ1n) is 7.39. The third-order valence-electron chi connectivity index (χ3n) is 4.28. The summed E-state index contributed by atoms with van der Waals surface area (Å²) in [6, 6.07) is 9.34. The molecule has 0 bridgehead atoms. The average molecular weight is 305 g/mol. The molecule has 6 nitrogen and oxygen atoms in total. The summed E-state index contributed by atoms with van der Waals surface area (Å²) in [6.07, 6.45) is 0.266. The summed E-state index contributed by atoms with van der Waals surface area (Å²) in [6.45, 7) is 2.90. The van der Waals surface area contributed by atoms with Crippen LogP contribution in [0.4, 0.5) is 0 Å². The van der Waals surface area contributed by atoms with E-state index in [1.165, 1.54) is 0 Å². The molecule has 1 fully saturated rings. The van der Waals surface area contributed by atoms with Crippen molar-refractivity contribution in [3.8, 4) is 0 Å². The van der Waals surface area contributed by atoms with E-state index in [2.05, 4.69) is 0 Å². The summed E-state index contributed by atoms with van der Waals surface area (Å²) in [5, 5.41) is 10.1. The van der Waals surface area contributed by atoms with E-state index in [-0.39, 0.29) is 18.9 Å². The molecule has 3 N–H and O–H groups in total. The number of hydrogen-bond donors (Lipinski definition) is 2. The molecule has 2 atom stereocenters. The van der Waals surface area contributed by atoms with Gasteiger partial charge in [-0.3, -0.25) is 14.5 Å². The van der Waals surface area contributed by atoms with Crippen LogP contribution in [0, 0.1) is 0 Å². The van der Waals surface area contributed by atoms with E-state index in [1.54, 1.807) is 23.8 Å². The minimum atomic E-state index is -1.52. The van der Waals surface area contributed by atoms with Gasteiger partial charge in [0.05, 0.1) is 6.04 Å². The molecular weight excluding hydrogens is 282 g/mol. The van der Waals surface area contributed by atoms with Gasteiger partial charge in [0.1, 0.15) is 0 Å².